The molecule has 0 saturated carbocycles. The number of nitrogens with zero attached hydrogens (tertiary/aromatic N) is 3. The van der Waals surface area contributed by atoms with Crippen molar-refractivity contribution in [2.75, 3.05) is 0 Å². The largest absolute Gasteiger partial charge is 0.295 e. The molecule has 1 aromatic carbocycles. The molecule has 1 unspecified atom stereocenters. The summed E-state index contributed by atoms with van der Waals surface area (Å²) in [5.74, 6) is 0. The maximum absolute atomic E-state index is 10.7. The molecule has 2 N–H and O–H groups in total. The van der Waals surface area contributed by atoms with Crippen molar-refractivity contribution in [3.8, 4) is 0 Å². The van der Waals surface area contributed by atoms with Crippen molar-refractivity contribution in [2.45, 2.75) is 12.1 Å². The van der Waals surface area contributed by atoms with Gasteiger partial charge in [-0.25, -0.2) is 0 Å². The molecule has 1 aromatic rings. The van der Waals surface area contributed by atoms with Crippen molar-refractivity contribution in [3.05, 3.63) is 64.4 Å². The molecule has 0 saturated heterocycles. The Labute approximate surface area is 104 Å². The van der Waals surface area contributed by atoms with Crippen LogP contribution in [0.1, 0.15) is 6.42 Å². The highest BCUT2D eigenvalue weighted by Crippen LogP contribution is 2.21. The molecule has 18 heavy (non-hydrogen) atoms. The number of nitro groups is 1. The second-order valence-corrected chi connectivity index (χ2v) is 3.95. The van der Waals surface area contributed by atoms with E-state index in [-0.39, 0.29) is 6.42 Å². The molecule has 6 nitrogen and oxygen atoms in total. The van der Waals surface area contributed by atoms with Crippen LogP contribution in [0.2, 0.25) is 0 Å². The van der Waals surface area contributed by atoms with Crippen LogP contribution in [0.15, 0.2) is 64.5 Å². The molecule has 0 fully saturated rings. The van der Waals surface area contributed by atoms with Crippen LogP contribution in [0.25, 0.3) is 0 Å². The molecule has 0 amide bonds. The second-order valence-electron chi connectivity index (χ2n) is 3.95. The number of hydrogen-bond donors (Lipinski definition) is 1. The third-order valence-corrected chi connectivity index (χ3v) is 2.56. The molecule has 0 spiro atoms. The van der Waals surface area contributed by atoms with E-state index in [2.05, 4.69) is 10.2 Å². The van der Waals surface area contributed by atoms with Crippen molar-refractivity contribution < 1.29 is 4.92 Å². The van der Waals surface area contributed by atoms with Gasteiger partial charge in [0.05, 0.1) is 17.8 Å². The van der Waals surface area contributed by atoms with Gasteiger partial charge in [0.2, 0.25) is 0 Å². The highest BCUT2D eigenvalue weighted by molar-refractivity contribution is 5.35. The summed E-state index contributed by atoms with van der Waals surface area (Å²) in [7, 11) is 0. The lowest BCUT2D eigenvalue weighted by Gasteiger charge is -2.17. The van der Waals surface area contributed by atoms with E-state index in [0.717, 1.165) is 5.69 Å². The van der Waals surface area contributed by atoms with E-state index in [1.54, 1.807) is 6.08 Å². The molecule has 92 valence electrons. The quantitative estimate of drug-likeness (QED) is 0.383. The van der Waals surface area contributed by atoms with Crippen molar-refractivity contribution in [3.63, 3.8) is 0 Å². The molecular formula is C12H12N4O2. The normalized spacial score (nSPS) is 23.1. The van der Waals surface area contributed by atoms with E-state index in [4.69, 9.17) is 5.73 Å². The number of azo groups is 1. The minimum atomic E-state index is -1.52. The summed E-state index contributed by atoms with van der Waals surface area (Å²) in [5, 5.41) is 18.7. The number of benzene rings is 1. The molecule has 6 heteroatoms. The smallest absolute Gasteiger partial charge is 0.262 e. The Bertz CT molecular complexity index is 536. The summed E-state index contributed by atoms with van der Waals surface area (Å²) in [5.41, 5.74) is 5.35. The summed E-state index contributed by atoms with van der Waals surface area (Å²) in [4.78, 5) is 10.2. The Morgan fingerprint density at radius 3 is 2.56 bits per heavy atom. The molecular weight excluding hydrogens is 232 g/mol. The van der Waals surface area contributed by atoms with Crippen molar-refractivity contribution in [1.29, 1.82) is 0 Å². The first kappa shape index (κ1) is 12.1. The molecule has 1 aliphatic rings. The number of nitrogens with two attached hydrogens (primary N) is 1. The summed E-state index contributed by atoms with van der Waals surface area (Å²) in [6.07, 6.45) is 4.57. The van der Waals surface area contributed by atoms with Gasteiger partial charge < -0.3 is 0 Å². The minimum Gasteiger partial charge on any atom is -0.262 e. The van der Waals surface area contributed by atoms with Gasteiger partial charge >= 0.3 is 0 Å². The zero-order valence-corrected chi connectivity index (χ0v) is 9.56. The number of allylic oxidation sites excluding steroid dienone is 1. The molecule has 0 radical (unpaired) electrons. The first-order chi connectivity index (χ1) is 8.60. The highest BCUT2D eigenvalue weighted by atomic mass is 16.6. The summed E-state index contributed by atoms with van der Waals surface area (Å²) < 4.78 is 0. The Balaban J connectivity index is 2.07. The van der Waals surface area contributed by atoms with E-state index in [1.807, 2.05) is 30.3 Å². The Hall–Kier alpha value is -2.34. The number of rotatable bonds is 3. The third-order valence-electron chi connectivity index (χ3n) is 2.56. The average molecular weight is 244 g/mol. The topological polar surface area (TPSA) is 93.9 Å². The van der Waals surface area contributed by atoms with Crippen LogP contribution in [-0.2, 0) is 0 Å². The van der Waals surface area contributed by atoms with Gasteiger partial charge in [-0.1, -0.05) is 18.2 Å². The minimum absolute atomic E-state index is 0.111. The van der Waals surface area contributed by atoms with Gasteiger partial charge in [0.25, 0.3) is 5.66 Å². The average Bonchev–Trinajstić information content (AvgIpc) is 2.39. The van der Waals surface area contributed by atoms with Crippen LogP contribution in [-0.4, -0.2) is 10.6 Å². The maximum atomic E-state index is 10.7. The Morgan fingerprint density at radius 2 is 2.00 bits per heavy atom. The van der Waals surface area contributed by atoms with E-state index >= 15 is 0 Å². The van der Waals surface area contributed by atoms with Crippen LogP contribution < -0.4 is 5.73 Å². The standard InChI is InChI=1S/C12H12N4O2/c13-12(16(17)18)8-6-11(7-9-12)15-14-10-4-2-1-3-5-10/h1-8H,9,13H2. The Morgan fingerprint density at radius 1 is 1.28 bits per heavy atom. The molecule has 2 rings (SSSR count). The second kappa shape index (κ2) is 4.89. The van der Waals surface area contributed by atoms with Crippen molar-refractivity contribution in [2.24, 2.45) is 16.0 Å². The summed E-state index contributed by atoms with van der Waals surface area (Å²) in [6.45, 7) is 0. The molecule has 1 aliphatic carbocycles. The zero-order valence-electron chi connectivity index (χ0n) is 9.56. The van der Waals surface area contributed by atoms with Gasteiger partial charge in [0, 0.05) is 11.0 Å². The monoisotopic (exact) mass is 244 g/mol. The van der Waals surface area contributed by atoms with Crippen LogP contribution in [0.3, 0.4) is 0 Å². The van der Waals surface area contributed by atoms with Crippen LogP contribution in [0, 0.1) is 10.1 Å². The van der Waals surface area contributed by atoms with Gasteiger partial charge in [-0.2, -0.15) is 10.2 Å². The van der Waals surface area contributed by atoms with Gasteiger partial charge in [0.1, 0.15) is 0 Å². The van der Waals surface area contributed by atoms with Gasteiger partial charge in [-0.05, 0) is 24.3 Å². The first-order valence-corrected chi connectivity index (χ1v) is 5.40. The fraction of sp³-hybridized carbons (Fsp3) is 0.167. The molecule has 0 aliphatic heterocycles. The summed E-state index contributed by atoms with van der Waals surface area (Å²) in [6, 6.07) is 9.24. The Kier molecular flexibility index (Phi) is 3.29. The summed E-state index contributed by atoms with van der Waals surface area (Å²) >= 11 is 0. The maximum Gasteiger partial charge on any atom is 0.295 e. The predicted octanol–water partition coefficient (Wildman–Crippen LogP) is 2.55. The number of hydrogen-bond acceptors (Lipinski definition) is 5. The van der Waals surface area contributed by atoms with Gasteiger partial charge in [-0.3, -0.25) is 15.8 Å². The molecule has 0 heterocycles. The van der Waals surface area contributed by atoms with Crippen LogP contribution in [0.5, 0.6) is 0 Å². The molecule has 0 bridgehead atoms. The lowest BCUT2D eigenvalue weighted by molar-refractivity contribution is -0.553. The molecule has 0 aromatic heterocycles. The first-order valence-electron chi connectivity index (χ1n) is 5.40. The fourth-order valence-electron chi connectivity index (χ4n) is 1.45. The zero-order chi connectivity index (χ0) is 13.0. The lowest BCUT2D eigenvalue weighted by atomic mass is 10.0. The van der Waals surface area contributed by atoms with E-state index < -0.39 is 10.6 Å². The van der Waals surface area contributed by atoms with Crippen molar-refractivity contribution in [1.82, 2.24) is 0 Å². The SMILES string of the molecule is NC1([N+](=O)[O-])C=CC(N=Nc2ccccc2)=CC1. The van der Waals surface area contributed by atoms with Gasteiger partial charge in [-0.15, -0.1) is 0 Å². The van der Waals surface area contributed by atoms with Crippen molar-refractivity contribution >= 4 is 5.69 Å². The predicted molar refractivity (Wildman–Crippen MR) is 66.7 cm³/mol. The lowest BCUT2D eigenvalue weighted by Crippen LogP contribution is -2.46. The highest BCUT2D eigenvalue weighted by Gasteiger charge is 2.35. The van der Waals surface area contributed by atoms with E-state index in [1.165, 1.54) is 12.2 Å². The van der Waals surface area contributed by atoms with Crippen LogP contribution in [0.4, 0.5) is 5.69 Å². The van der Waals surface area contributed by atoms with E-state index in [9.17, 15) is 10.1 Å². The van der Waals surface area contributed by atoms with Gasteiger partial charge in [0.15, 0.2) is 0 Å². The van der Waals surface area contributed by atoms with Crippen LogP contribution >= 0.6 is 0 Å². The third kappa shape index (κ3) is 2.67. The molecule has 1 atom stereocenters. The van der Waals surface area contributed by atoms with E-state index in [0.29, 0.717) is 5.70 Å². The fourth-order valence-corrected chi connectivity index (χ4v) is 1.45.